The van der Waals surface area contributed by atoms with Crippen LogP contribution in [0.5, 0.6) is 0 Å². The Morgan fingerprint density at radius 1 is 1.22 bits per heavy atom. The molecule has 2 aromatic rings. The minimum Gasteiger partial charge on any atom is -0.371 e. The van der Waals surface area contributed by atoms with Gasteiger partial charge in [0, 0.05) is 35.8 Å². The predicted molar refractivity (Wildman–Crippen MR) is 90.4 cm³/mol. The van der Waals surface area contributed by atoms with E-state index in [-0.39, 0.29) is 6.10 Å². The minimum absolute atomic E-state index is 0.0117. The number of halogens is 1. The van der Waals surface area contributed by atoms with Crippen LogP contribution in [0.1, 0.15) is 27.6 Å². The van der Waals surface area contributed by atoms with Crippen LogP contribution in [0.25, 0.3) is 0 Å². The Kier molecular flexibility index (Phi) is 4.96. The second-order valence-corrected chi connectivity index (χ2v) is 6.08. The van der Waals surface area contributed by atoms with Crippen molar-refractivity contribution in [2.75, 3.05) is 19.7 Å². The van der Waals surface area contributed by atoms with Gasteiger partial charge < -0.3 is 10.5 Å². The number of nitrogens with zero attached hydrogens (tertiary/aromatic N) is 1. The molecule has 1 heterocycles. The van der Waals surface area contributed by atoms with Crippen LogP contribution in [-0.4, -0.2) is 30.5 Å². The number of carbonyl (C=O) groups excluding carboxylic acids is 1. The molecule has 1 fully saturated rings. The van der Waals surface area contributed by atoms with Gasteiger partial charge in [-0.2, -0.15) is 0 Å². The molecule has 1 aliphatic rings. The number of benzene rings is 2. The van der Waals surface area contributed by atoms with E-state index in [9.17, 15) is 4.79 Å². The molecule has 0 radical (unpaired) electrons. The molecule has 23 heavy (non-hydrogen) atoms. The largest absolute Gasteiger partial charge is 0.371 e. The molecule has 2 aromatic carbocycles. The van der Waals surface area contributed by atoms with E-state index in [1.54, 1.807) is 12.1 Å². The summed E-state index contributed by atoms with van der Waals surface area (Å²) in [6, 6.07) is 15.2. The molecule has 120 valence electrons. The lowest BCUT2D eigenvalue weighted by Crippen LogP contribution is -2.37. The molecule has 1 unspecified atom stereocenters. The van der Waals surface area contributed by atoms with E-state index >= 15 is 0 Å². The van der Waals surface area contributed by atoms with Crippen molar-refractivity contribution in [2.45, 2.75) is 12.6 Å². The van der Waals surface area contributed by atoms with Gasteiger partial charge in [0.25, 0.3) is 0 Å². The highest BCUT2D eigenvalue weighted by atomic mass is 35.5. The Labute approximate surface area is 140 Å². The summed E-state index contributed by atoms with van der Waals surface area (Å²) in [5.74, 6) is -0.401. The Morgan fingerprint density at radius 2 is 1.96 bits per heavy atom. The van der Waals surface area contributed by atoms with E-state index in [0.29, 0.717) is 12.2 Å². The number of hydrogen-bond acceptors (Lipinski definition) is 3. The van der Waals surface area contributed by atoms with Crippen LogP contribution in [0.3, 0.4) is 0 Å². The fraction of sp³-hybridized carbons (Fsp3) is 0.278. The van der Waals surface area contributed by atoms with Crippen LogP contribution in [0.2, 0.25) is 5.02 Å². The third-order valence-corrected chi connectivity index (χ3v) is 4.39. The maximum Gasteiger partial charge on any atom is 0.248 e. The van der Waals surface area contributed by atoms with Gasteiger partial charge in [0.05, 0.1) is 12.7 Å². The van der Waals surface area contributed by atoms with Crippen LogP contribution < -0.4 is 5.73 Å². The number of morpholine rings is 1. The second kappa shape index (κ2) is 7.13. The Balaban J connectivity index is 1.67. The highest BCUT2D eigenvalue weighted by Crippen LogP contribution is 2.28. The summed E-state index contributed by atoms with van der Waals surface area (Å²) in [4.78, 5) is 13.4. The fourth-order valence-electron chi connectivity index (χ4n) is 2.80. The molecular weight excluding hydrogens is 312 g/mol. The van der Waals surface area contributed by atoms with Crippen LogP contribution >= 0.6 is 11.6 Å². The maximum absolute atomic E-state index is 11.1. The first-order chi connectivity index (χ1) is 11.1. The summed E-state index contributed by atoms with van der Waals surface area (Å²) in [5.41, 5.74) is 7.98. The first kappa shape index (κ1) is 16.0. The lowest BCUT2D eigenvalue weighted by molar-refractivity contribution is -0.0328. The number of nitrogens with two attached hydrogens (primary N) is 1. The molecule has 0 spiro atoms. The average molecular weight is 331 g/mol. The van der Waals surface area contributed by atoms with Crippen molar-refractivity contribution < 1.29 is 9.53 Å². The highest BCUT2D eigenvalue weighted by molar-refractivity contribution is 6.31. The number of primary amides is 1. The topological polar surface area (TPSA) is 55.6 Å². The van der Waals surface area contributed by atoms with Gasteiger partial charge in [0.1, 0.15) is 0 Å². The van der Waals surface area contributed by atoms with Crippen molar-refractivity contribution in [3.63, 3.8) is 0 Å². The molecule has 0 bridgehead atoms. The molecule has 0 aromatic heterocycles. The van der Waals surface area contributed by atoms with Gasteiger partial charge >= 0.3 is 0 Å². The normalized spacial score (nSPS) is 18.7. The quantitative estimate of drug-likeness (QED) is 0.937. The zero-order valence-electron chi connectivity index (χ0n) is 12.7. The fourth-order valence-corrected chi connectivity index (χ4v) is 3.06. The second-order valence-electron chi connectivity index (χ2n) is 5.68. The Bertz CT molecular complexity index is 688. The van der Waals surface area contributed by atoms with Crippen molar-refractivity contribution in [3.8, 4) is 0 Å². The van der Waals surface area contributed by atoms with E-state index in [0.717, 1.165) is 35.8 Å². The minimum atomic E-state index is -0.401. The van der Waals surface area contributed by atoms with Crippen molar-refractivity contribution in [1.29, 1.82) is 0 Å². The first-order valence-corrected chi connectivity index (χ1v) is 7.98. The van der Waals surface area contributed by atoms with Gasteiger partial charge in [0.2, 0.25) is 5.91 Å². The smallest absolute Gasteiger partial charge is 0.248 e. The summed E-state index contributed by atoms with van der Waals surface area (Å²) in [6.45, 7) is 3.15. The molecular formula is C18H19ClN2O2. The lowest BCUT2D eigenvalue weighted by Gasteiger charge is -2.33. The number of carbonyl (C=O) groups is 1. The Morgan fingerprint density at radius 3 is 2.65 bits per heavy atom. The van der Waals surface area contributed by atoms with Crippen molar-refractivity contribution in [2.24, 2.45) is 5.73 Å². The zero-order chi connectivity index (χ0) is 16.2. The standard InChI is InChI=1S/C18H19ClN2O2/c19-16-4-2-1-3-15(16)17-12-21(9-10-23-17)11-13-5-7-14(8-6-13)18(20)22/h1-8,17H,9-12H2,(H2,20,22). The number of hydrogen-bond donors (Lipinski definition) is 1. The number of amides is 1. The molecule has 4 nitrogen and oxygen atoms in total. The summed E-state index contributed by atoms with van der Waals surface area (Å²) < 4.78 is 5.88. The van der Waals surface area contributed by atoms with E-state index in [1.165, 1.54) is 0 Å². The van der Waals surface area contributed by atoms with Gasteiger partial charge in [-0.25, -0.2) is 0 Å². The summed E-state index contributed by atoms with van der Waals surface area (Å²) in [6.07, 6.45) is -0.0117. The molecule has 1 saturated heterocycles. The summed E-state index contributed by atoms with van der Waals surface area (Å²) in [7, 11) is 0. The lowest BCUT2D eigenvalue weighted by atomic mass is 10.1. The van der Waals surface area contributed by atoms with E-state index < -0.39 is 5.91 Å². The van der Waals surface area contributed by atoms with Crippen molar-refractivity contribution >= 4 is 17.5 Å². The van der Waals surface area contributed by atoms with Crippen molar-refractivity contribution in [1.82, 2.24) is 4.90 Å². The zero-order valence-corrected chi connectivity index (χ0v) is 13.5. The van der Waals surface area contributed by atoms with Gasteiger partial charge in [-0.1, -0.05) is 41.9 Å². The molecule has 2 N–H and O–H groups in total. The van der Waals surface area contributed by atoms with Crippen LogP contribution in [0, 0.1) is 0 Å². The predicted octanol–water partition coefficient (Wildman–Crippen LogP) is 3.01. The molecule has 3 rings (SSSR count). The molecule has 5 heteroatoms. The van der Waals surface area contributed by atoms with Gasteiger partial charge in [-0.3, -0.25) is 9.69 Å². The van der Waals surface area contributed by atoms with E-state index in [2.05, 4.69) is 4.90 Å². The maximum atomic E-state index is 11.1. The van der Waals surface area contributed by atoms with Gasteiger partial charge in [-0.05, 0) is 23.8 Å². The molecule has 1 aliphatic heterocycles. The summed E-state index contributed by atoms with van der Waals surface area (Å²) >= 11 is 6.27. The van der Waals surface area contributed by atoms with Crippen LogP contribution in [-0.2, 0) is 11.3 Å². The van der Waals surface area contributed by atoms with Gasteiger partial charge in [-0.15, -0.1) is 0 Å². The monoisotopic (exact) mass is 330 g/mol. The van der Waals surface area contributed by atoms with Gasteiger partial charge in [0.15, 0.2) is 0 Å². The third kappa shape index (κ3) is 3.91. The van der Waals surface area contributed by atoms with Crippen LogP contribution in [0.4, 0.5) is 0 Å². The van der Waals surface area contributed by atoms with E-state index in [1.807, 2.05) is 36.4 Å². The van der Waals surface area contributed by atoms with Crippen molar-refractivity contribution in [3.05, 3.63) is 70.2 Å². The van der Waals surface area contributed by atoms with Crippen LogP contribution in [0.15, 0.2) is 48.5 Å². The molecule has 0 saturated carbocycles. The highest BCUT2D eigenvalue weighted by Gasteiger charge is 2.23. The Hall–Kier alpha value is -1.88. The average Bonchev–Trinajstić information content (AvgIpc) is 2.56. The molecule has 1 atom stereocenters. The third-order valence-electron chi connectivity index (χ3n) is 4.05. The first-order valence-electron chi connectivity index (χ1n) is 7.60. The molecule has 1 amide bonds. The molecule has 0 aliphatic carbocycles. The van der Waals surface area contributed by atoms with E-state index in [4.69, 9.17) is 22.1 Å². The summed E-state index contributed by atoms with van der Waals surface area (Å²) in [5, 5.41) is 0.741. The SMILES string of the molecule is NC(=O)c1ccc(CN2CCOC(c3ccccc3Cl)C2)cc1. The number of ether oxygens (including phenoxy) is 1. The number of rotatable bonds is 4.